The zero-order chi connectivity index (χ0) is 18.5. The smallest absolute Gasteiger partial charge is 0.160 e. The van der Waals surface area contributed by atoms with Crippen molar-refractivity contribution in [2.75, 3.05) is 0 Å². The Morgan fingerprint density at radius 2 is 1.77 bits per heavy atom. The lowest BCUT2D eigenvalue weighted by atomic mass is 9.80. The molecule has 2 aromatic carbocycles. The summed E-state index contributed by atoms with van der Waals surface area (Å²) in [6.45, 7) is 2.20. The topological polar surface area (TPSA) is 0 Å². The van der Waals surface area contributed by atoms with Crippen molar-refractivity contribution in [2.24, 2.45) is 5.92 Å². The Balaban J connectivity index is 1.76. The van der Waals surface area contributed by atoms with Gasteiger partial charge in [0.05, 0.1) is 5.56 Å². The van der Waals surface area contributed by atoms with E-state index in [9.17, 15) is 13.2 Å². The first-order chi connectivity index (χ1) is 12.6. The van der Waals surface area contributed by atoms with Crippen molar-refractivity contribution >= 4 is 0 Å². The highest BCUT2D eigenvalue weighted by Gasteiger charge is 2.20. The minimum Gasteiger partial charge on any atom is -0.206 e. The zero-order valence-electron chi connectivity index (χ0n) is 15.0. The SMILES string of the molecule is CCCCCC1CCc2cc(C#Cc3ccc(F)c(F)c3)c(F)cc2C1. The molecule has 0 nitrogen and oxygen atoms in total. The average molecular weight is 356 g/mol. The zero-order valence-corrected chi connectivity index (χ0v) is 15.0. The van der Waals surface area contributed by atoms with Crippen molar-refractivity contribution in [2.45, 2.75) is 51.9 Å². The molecular weight excluding hydrogens is 333 g/mol. The summed E-state index contributed by atoms with van der Waals surface area (Å²) in [6.07, 6.45) is 7.97. The molecule has 3 rings (SSSR count). The normalized spacial score (nSPS) is 15.9. The third-order valence-electron chi connectivity index (χ3n) is 5.10. The Bertz CT molecular complexity index is 843. The second-order valence-corrected chi connectivity index (χ2v) is 7.08. The van der Waals surface area contributed by atoms with Crippen LogP contribution in [0.15, 0.2) is 30.3 Å². The van der Waals surface area contributed by atoms with Gasteiger partial charge in [0.1, 0.15) is 5.82 Å². The van der Waals surface area contributed by atoms with Gasteiger partial charge in [-0.25, -0.2) is 13.2 Å². The molecule has 136 valence electrons. The summed E-state index contributed by atoms with van der Waals surface area (Å²) in [5, 5.41) is 0. The van der Waals surface area contributed by atoms with E-state index in [1.54, 1.807) is 6.07 Å². The van der Waals surface area contributed by atoms with Crippen molar-refractivity contribution in [1.29, 1.82) is 0 Å². The van der Waals surface area contributed by atoms with Gasteiger partial charge in [0.15, 0.2) is 11.6 Å². The van der Waals surface area contributed by atoms with Crippen LogP contribution in [0.3, 0.4) is 0 Å². The van der Waals surface area contributed by atoms with E-state index in [0.717, 1.165) is 42.5 Å². The lowest BCUT2D eigenvalue weighted by Crippen LogP contribution is -2.15. The van der Waals surface area contributed by atoms with Crippen molar-refractivity contribution in [3.05, 3.63) is 70.0 Å². The molecule has 3 heteroatoms. The second kappa shape index (κ2) is 8.45. The molecule has 0 amide bonds. The maximum Gasteiger partial charge on any atom is 0.160 e. The van der Waals surface area contributed by atoms with Crippen LogP contribution in [-0.4, -0.2) is 0 Å². The fraction of sp³-hybridized carbons (Fsp3) is 0.391. The lowest BCUT2D eigenvalue weighted by molar-refractivity contribution is 0.407. The van der Waals surface area contributed by atoms with Crippen LogP contribution < -0.4 is 0 Å². The van der Waals surface area contributed by atoms with Crippen molar-refractivity contribution in [3.63, 3.8) is 0 Å². The molecule has 26 heavy (non-hydrogen) atoms. The van der Waals surface area contributed by atoms with E-state index in [-0.39, 0.29) is 5.82 Å². The molecule has 0 saturated heterocycles. The molecule has 0 radical (unpaired) electrons. The fourth-order valence-corrected chi connectivity index (χ4v) is 3.59. The van der Waals surface area contributed by atoms with Gasteiger partial charge in [-0.05, 0) is 66.6 Å². The molecule has 0 N–H and O–H groups in total. The van der Waals surface area contributed by atoms with E-state index in [1.807, 2.05) is 6.07 Å². The van der Waals surface area contributed by atoms with E-state index >= 15 is 0 Å². The molecule has 0 heterocycles. The van der Waals surface area contributed by atoms with E-state index in [4.69, 9.17) is 0 Å². The monoisotopic (exact) mass is 356 g/mol. The molecule has 0 aliphatic heterocycles. The number of rotatable bonds is 4. The summed E-state index contributed by atoms with van der Waals surface area (Å²) < 4.78 is 40.6. The molecule has 0 bridgehead atoms. The molecule has 2 aromatic rings. The van der Waals surface area contributed by atoms with E-state index in [1.165, 1.54) is 31.7 Å². The predicted molar refractivity (Wildman–Crippen MR) is 98.4 cm³/mol. The summed E-state index contributed by atoms with van der Waals surface area (Å²) in [5.74, 6) is 3.93. The van der Waals surface area contributed by atoms with Crippen LogP contribution in [0.1, 0.15) is 61.3 Å². The number of aryl methyl sites for hydroxylation is 1. The van der Waals surface area contributed by atoms with Crippen LogP contribution in [0.5, 0.6) is 0 Å². The highest BCUT2D eigenvalue weighted by Crippen LogP contribution is 2.30. The van der Waals surface area contributed by atoms with Crippen molar-refractivity contribution in [3.8, 4) is 11.8 Å². The van der Waals surface area contributed by atoms with Gasteiger partial charge in [-0.1, -0.05) is 44.4 Å². The second-order valence-electron chi connectivity index (χ2n) is 7.08. The number of fused-ring (bicyclic) bond motifs is 1. The quantitative estimate of drug-likeness (QED) is 0.453. The molecular formula is C23H23F3. The maximum atomic E-state index is 14.4. The first-order valence-electron chi connectivity index (χ1n) is 9.35. The molecule has 0 aromatic heterocycles. The fourth-order valence-electron chi connectivity index (χ4n) is 3.59. The maximum absolute atomic E-state index is 14.4. The molecule has 1 atom stereocenters. The summed E-state index contributed by atoms with van der Waals surface area (Å²) in [7, 11) is 0. The Morgan fingerprint density at radius 1 is 0.923 bits per heavy atom. The summed E-state index contributed by atoms with van der Waals surface area (Å²) in [6, 6.07) is 6.87. The van der Waals surface area contributed by atoms with Gasteiger partial charge in [0.25, 0.3) is 0 Å². The van der Waals surface area contributed by atoms with Crippen LogP contribution in [0.25, 0.3) is 0 Å². The Labute approximate surface area is 153 Å². The number of benzene rings is 2. The number of unbranched alkanes of at least 4 members (excludes halogenated alkanes) is 2. The third-order valence-corrected chi connectivity index (χ3v) is 5.10. The number of hydrogen-bond acceptors (Lipinski definition) is 0. The first kappa shape index (κ1) is 18.6. The minimum absolute atomic E-state index is 0.318. The van der Waals surface area contributed by atoms with Crippen LogP contribution in [0, 0.1) is 35.2 Å². The van der Waals surface area contributed by atoms with Crippen molar-refractivity contribution in [1.82, 2.24) is 0 Å². The molecule has 0 spiro atoms. The largest absolute Gasteiger partial charge is 0.206 e. The Morgan fingerprint density at radius 3 is 2.54 bits per heavy atom. The first-order valence-corrected chi connectivity index (χ1v) is 9.35. The number of hydrogen-bond donors (Lipinski definition) is 0. The highest BCUT2D eigenvalue weighted by atomic mass is 19.2. The van der Waals surface area contributed by atoms with Gasteiger partial charge in [-0.2, -0.15) is 0 Å². The summed E-state index contributed by atoms with van der Waals surface area (Å²) >= 11 is 0. The van der Waals surface area contributed by atoms with Gasteiger partial charge in [-0.15, -0.1) is 0 Å². The van der Waals surface area contributed by atoms with Gasteiger partial charge in [-0.3, -0.25) is 0 Å². The van der Waals surface area contributed by atoms with Crippen molar-refractivity contribution < 1.29 is 13.2 Å². The Kier molecular flexibility index (Phi) is 6.04. The summed E-state index contributed by atoms with van der Waals surface area (Å²) in [5.41, 5.74) is 2.90. The summed E-state index contributed by atoms with van der Waals surface area (Å²) in [4.78, 5) is 0. The average Bonchev–Trinajstić information content (AvgIpc) is 2.63. The van der Waals surface area contributed by atoms with Crippen LogP contribution in [0.2, 0.25) is 0 Å². The molecule has 1 unspecified atom stereocenters. The van der Waals surface area contributed by atoms with Gasteiger partial charge in [0, 0.05) is 5.56 Å². The standard InChI is InChI=1S/C23H23F3/c1-2-3-4-5-16-6-9-18-14-19(22(25)15-20(18)12-16)10-7-17-8-11-21(24)23(26)13-17/h8,11,13-16H,2-6,9,12H2,1H3. The van der Waals surface area contributed by atoms with Crippen LogP contribution >= 0.6 is 0 Å². The lowest BCUT2D eigenvalue weighted by Gasteiger charge is -2.25. The van der Waals surface area contributed by atoms with Gasteiger partial charge in [0.2, 0.25) is 0 Å². The molecule has 0 saturated carbocycles. The van der Waals surface area contributed by atoms with Crippen LogP contribution in [0.4, 0.5) is 13.2 Å². The Hall–Kier alpha value is -2.21. The molecule has 1 aliphatic rings. The molecule has 0 fully saturated rings. The number of halogens is 3. The van der Waals surface area contributed by atoms with E-state index in [2.05, 4.69) is 18.8 Å². The highest BCUT2D eigenvalue weighted by molar-refractivity contribution is 5.47. The van der Waals surface area contributed by atoms with Crippen LogP contribution in [-0.2, 0) is 12.8 Å². The predicted octanol–water partition coefficient (Wildman–Crippen LogP) is 6.19. The van der Waals surface area contributed by atoms with Gasteiger partial charge >= 0.3 is 0 Å². The third kappa shape index (κ3) is 4.49. The van der Waals surface area contributed by atoms with E-state index < -0.39 is 11.6 Å². The van der Waals surface area contributed by atoms with Gasteiger partial charge < -0.3 is 0 Å². The van der Waals surface area contributed by atoms with E-state index in [0.29, 0.717) is 17.0 Å². The molecule has 1 aliphatic carbocycles. The minimum atomic E-state index is -0.947.